The summed E-state index contributed by atoms with van der Waals surface area (Å²) < 4.78 is 0.973. The molecule has 0 aliphatic heterocycles. The minimum Gasteiger partial charge on any atom is -0.480 e. The maximum absolute atomic E-state index is 13.0. The van der Waals surface area contributed by atoms with E-state index in [1.165, 1.54) is 0 Å². The number of rotatable bonds is 7. The van der Waals surface area contributed by atoms with E-state index in [4.69, 9.17) is 20.7 Å². The van der Waals surface area contributed by atoms with Gasteiger partial charge in [-0.15, -0.1) is 4.73 Å². The third kappa shape index (κ3) is 3.79. The maximum atomic E-state index is 13.0. The first-order chi connectivity index (χ1) is 13.5. The fourth-order valence-electron chi connectivity index (χ4n) is 2.69. The average molecular weight is 383 g/mol. The largest absolute Gasteiger partial charge is 0.480 e. The van der Waals surface area contributed by atoms with Gasteiger partial charge in [-0.3, -0.25) is 14.4 Å². The minimum atomic E-state index is -1.26. The molecule has 0 aliphatic carbocycles. The molecule has 0 bridgehead atoms. The number of nitrogens with one attached hydrogen (secondary N) is 1. The Bertz CT molecular complexity index is 1080. The van der Waals surface area contributed by atoms with E-state index < -0.39 is 29.5 Å². The van der Waals surface area contributed by atoms with Gasteiger partial charge < -0.3 is 20.1 Å². The van der Waals surface area contributed by atoms with Crippen molar-refractivity contribution in [1.29, 1.82) is 0 Å². The molecule has 1 amide bonds. The van der Waals surface area contributed by atoms with Crippen LogP contribution in [0.2, 0.25) is 0 Å². The first-order valence-corrected chi connectivity index (χ1v) is 8.24. The van der Waals surface area contributed by atoms with Crippen LogP contribution in [-0.2, 0) is 11.4 Å². The molecule has 0 aliphatic rings. The molecule has 2 aromatic carbocycles. The number of carbonyl (C=O) groups excluding carboxylic acids is 1. The van der Waals surface area contributed by atoms with Crippen LogP contribution in [0.4, 0.5) is 0 Å². The van der Waals surface area contributed by atoms with Crippen LogP contribution in [-0.4, -0.2) is 28.3 Å². The highest BCUT2D eigenvalue weighted by atomic mass is 16.7. The van der Waals surface area contributed by atoms with Gasteiger partial charge in [-0.25, -0.2) is 0 Å². The van der Waals surface area contributed by atoms with Crippen LogP contribution < -0.4 is 26.4 Å². The van der Waals surface area contributed by atoms with Gasteiger partial charge in [-0.05, 0) is 17.7 Å². The number of fused-ring (bicyclic) bond motifs is 1. The monoisotopic (exact) mass is 383 g/mol. The highest BCUT2D eigenvalue weighted by Gasteiger charge is 2.25. The van der Waals surface area contributed by atoms with Crippen LogP contribution in [0.3, 0.4) is 0 Å². The summed E-state index contributed by atoms with van der Waals surface area (Å²) in [5, 5.41) is 11.3. The number of aliphatic carboxylic acids is 1. The predicted molar refractivity (Wildman–Crippen MR) is 99.7 cm³/mol. The molecule has 144 valence electrons. The fraction of sp³-hybridized carbons (Fsp3) is 0.105. The summed E-state index contributed by atoms with van der Waals surface area (Å²) >= 11 is 0. The number of hydrogen-bond donors (Lipinski definition) is 3. The maximum Gasteiger partial charge on any atom is 0.322 e. The quantitative estimate of drug-likeness (QED) is 0.511. The smallest absolute Gasteiger partial charge is 0.322 e. The Morgan fingerprint density at radius 3 is 2.43 bits per heavy atom. The molecule has 4 N–H and O–H groups in total. The van der Waals surface area contributed by atoms with Gasteiger partial charge in [0.15, 0.2) is 11.3 Å². The molecule has 9 nitrogen and oxygen atoms in total. The molecule has 1 aromatic heterocycles. The Morgan fingerprint density at radius 1 is 1.07 bits per heavy atom. The van der Waals surface area contributed by atoms with Crippen LogP contribution >= 0.6 is 0 Å². The van der Waals surface area contributed by atoms with E-state index in [0.717, 1.165) is 10.3 Å². The molecule has 0 radical (unpaired) electrons. The van der Waals surface area contributed by atoms with E-state index in [2.05, 4.69) is 5.32 Å². The Morgan fingerprint density at radius 2 is 1.75 bits per heavy atom. The van der Waals surface area contributed by atoms with E-state index >= 15 is 0 Å². The molecule has 0 fully saturated rings. The average Bonchev–Trinajstić information content (AvgIpc) is 2.71. The number of carbonyl (C=O) groups is 2. The summed E-state index contributed by atoms with van der Waals surface area (Å²) in [4.78, 5) is 46.6. The predicted octanol–water partition coefficient (Wildman–Crippen LogP) is 0.697. The van der Waals surface area contributed by atoms with Gasteiger partial charge in [0, 0.05) is 5.39 Å². The van der Waals surface area contributed by atoms with E-state index in [1.54, 1.807) is 24.3 Å². The highest BCUT2D eigenvalue weighted by Crippen LogP contribution is 2.26. The second-order valence-electron chi connectivity index (χ2n) is 5.77. The van der Waals surface area contributed by atoms with E-state index in [0.29, 0.717) is 10.9 Å². The summed E-state index contributed by atoms with van der Waals surface area (Å²) in [5.74, 6) is 2.95. The normalized spacial score (nSPS) is 10.5. The molecule has 28 heavy (non-hydrogen) atoms. The first kappa shape index (κ1) is 18.9. The van der Waals surface area contributed by atoms with Crippen molar-refractivity contribution in [2.45, 2.75) is 6.61 Å². The Kier molecular flexibility index (Phi) is 5.56. The number of hydrogen-bond acceptors (Lipinski definition) is 6. The number of benzene rings is 2. The van der Waals surface area contributed by atoms with Crippen LogP contribution in [0.5, 0.6) is 5.75 Å². The van der Waals surface area contributed by atoms with Crippen molar-refractivity contribution in [3.63, 3.8) is 0 Å². The highest BCUT2D eigenvalue weighted by molar-refractivity contribution is 6.03. The van der Waals surface area contributed by atoms with E-state index in [-0.39, 0.29) is 12.4 Å². The van der Waals surface area contributed by atoms with Crippen molar-refractivity contribution in [1.82, 2.24) is 10.0 Å². The summed E-state index contributed by atoms with van der Waals surface area (Å²) in [7, 11) is 0. The lowest BCUT2D eigenvalue weighted by atomic mass is 10.1. The third-order valence-corrected chi connectivity index (χ3v) is 3.94. The molecular weight excluding hydrogens is 366 g/mol. The zero-order valence-corrected chi connectivity index (χ0v) is 14.6. The summed E-state index contributed by atoms with van der Waals surface area (Å²) in [6, 6.07) is 15.7. The summed E-state index contributed by atoms with van der Waals surface area (Å²) in [6.07, 6.45) is 0. The van der Waals surface area contributed by atoms with Gasteiger partial charge in [-0.2, -0.15) is 5.90 Å². The molecule has 0 unspecified atom stereocenters. The first-order valence-electron chi connectivity index (χ1n) is 8.24. The third-order valence-electron chi connectivity index (χ3n) is 3.94. The number of nitrogens with zero attached hydrogens (tertiary/aromatic N) is 1. The standard InChI is InChI=1S/C19H17N3O6/c20-28-17-13-8-4-5-9-14(13)22(27-11-12-6-2-1-3-7-12)19(26)16(17)18(25)21-10-15(23)24/h1-9H,10-11,20H2,(H,21,25)(H,23,24). The van der Waals surface area contributed by atoms with E-state index in [1.807, 2.05) is 30.3 Å². The van der Waals surface area contributed by atoms with Crippen molar-refractivity contribution in [3.8, 4) is 5.75 Å². The van der Waals surface area contributed by atoms with Crippen LogP contribution in [0.1, 0.15) is 15.9 Å². The molecule has 0 saturated carbocycles. The number of carboxylic acids is 1. The Hall–Kier alpha value is -3.85. The van der Waals surface area contributed by atoms with Crippen molar-refractivity contribution >= 4 is 22.8 Å². The topological polar surface area (TPSA) is 133 Å². The van der Waals surface area contributed by atoms with Crippen LogP contribution in [0.25, 0.3) is 10.9 Å². The number of nitrogens with two attached hydrogens (primary N) is 1. The molecule has 0 spiro atoms. The van der Waals surface area contributed by atoms with Gasteiger partial charge in [0.05, 0.1) is 5.52 Å². The van der Waals surface area contributed by atoms with Crippen molar-refractivity contribution < 1.29 is 24.4 Å². The fourth-order valence-corrected chi connectivity index (χ4v) is 2.69. The number of para-hydroxylation sites is 1. The number of carboxylic acid groups (broad SMARTS) is 1. The SMILES string of the molecule is NOc1c(C(=O)NCC(=O)O)c(=O)n(OCc2ccccc2)c2ccccc12. The lowest BCUT2D eigenvalue weighted by molar-refractivity contribution is -0.135. The molecule has 3 aromatic rings. The molecule has 3 rings (SSSR count). The number of amides is 1. The molecular formula is C19H17N3O6. The van der Waals surface area contributed by atoms with Crippen molar-refractivity contribution in [2.24, 2.45) is 5.90 Å². The zero-order valence-electron chi connectivity index (χ0n) is 14.6. The lowest BCUT2D eigenvalue weighted by Gasteiger charge is -2.16. The lowest BCUT2D eigenvalue weighted by Crippen LogP contribution is -2.38. The minimum absolute atomic E-state index is 0.0732. The van der Waals surface area contributed by atoms with Crippen molar-refractivity contribution in [3.05, 3.63) is 76.1 Å². The van der Waals surface area contributed by atoms with Gasteiger partial charge in [0.2, 0.25) is 0 Å². The van der Waals surface area contributed by atoms with Crippen LogP contribution in [0.15, 0.2) is 59.4 Å². The van der Waals surface area contributed by atoms with Gasteiger partial charge >= 0.3 is 5.97 Å². The van der Waals surface area contributed by atoms with Gasteiger partial charge in [0.25, 0.3) is 11.5 Å². The second-order valence-corrected chi connectivity index (χ2v) is 5.77. The molecule has 0 saturated heterocycles. The summed E-state index contributed by atoms with van der Waals surface area (Å²) in [5.41, 5.74) is -0.110. The Labute approximate surface area is 158 Å². The summed E-state index contributed by atoms with van der Waals surface area (Å²) in [6.45, 7) is -0.594. The van der Waals surface area contributed by atoms with Crippen LogP contribution in [0, 0.1) is 0 Å². The number of aromatic nitrogens is 1. The van der Waals surface area contributed by atoms with Gasteiger partial charge in [0.1, 0.15) is 13.2 Å². The Balaban J connectivity index is 2.11. The zero-order chi connectivity index (χ0) is 20.1. The van der Waals surface area contributed by atoms with Gasteiger partial charge in [-0.1, -0.05) is 42.5 Å². The van der Waals surface area contributed by atoms with E-state index in [9.17, 15) is 14.4 Å². The molecule has 1 heterocycles. The number of pyridine rings is 1. The van der Waals surface area contributed by atoms with Crippen molar-refractivity contribution in [2.75, 3.05) is 6.54 Å². The molecule has 9 heteroatoms. The second kappa shape index (κ2) is 8.23. The molecule has 0 atom stereocenters.